The zero-order chi connectivity index (χ0) is 44.6. The van der Waals surface area contributed by atoms with Crippen LogP contribution in [-0.2, 0) is 30.2 Å². The number of hydrogen-bond acceptors (Lipinski definition) is 6. The molecule has 10 heteroatoms. The fourth-order valence-electron chi connectivity index (χ4n) is 7.66. The number of esters is 1. The summed E-state index contributed by atoms with van der Waals surface area (Å²) in [6.45, 7) is 13.6. The van der Waals surface area contributed by atoms with Crippen LogP contribution < -0.4 is 5.14 Å². The van der Waals surface area contributed by atoms with E-state index < -0.39 is 11.2 Å². The Morgan fingerprint density at radius 2 is 0.917 bits per heavy atom. The molecule has 0 heterocycles. The molecule has 1 atom stereocenters. The summed E-state index contributed by atoms with van der Waals surface area (Å²) in [5.74, 6) is 0.843. The van der Waals surface area contributed by atoms with Gasteiger partial charge < -0.3 is 19.3 Å². The van der Waals surface area contributed by atoms with Gasteiger partial charge in [-0.2, -0.15) is 4.40 Å². The van der Waals surface area contributed by atoms with Gasteiger partial charge >= 0.3 is 5.97 Å². The Bertz CT molecular complexity index is 938. The number of carbonyl (C=O) groups is 2. The second kappa shape index (κ2) is 50.1. The number of unbranched alkanes of at least 4 members (excludes halogenated alkanes) is 26. The Morgan fingerprint density at radius 3 is 1.33 bits per heavy atom. The average molecular weight is 871 g/mol. The summed E-state index contributed by atoms with van der Waals surface area (Å²) in [6.07, 6.45) is 43.7. The molecule has 0 aromatic carbocycles. The number of rotatable bonds is 45. The number of ether oxygens (including phenoxy) is 2. The minimum absolute atomic E-state index is 0.0299. The molecule has 0 fully saturated rings. The largest absolute Gasteiger partial charge is 0.468 e. The first-order valence-electron chi connectivity index (χ1n) is 25.6. The highest BCUT2D eigenvalue weighted by atomic mass is 32.2. The summed E-state index contributed by atoms with van der Waals surface area (Å²) in [5, 5.41) is 5.40. The molecule has 358 valence electrons. The molecule has 2 N–H and O–H groups in total. The molecule has 0 aliphatic rings. The van der Waals surface area contributed by atoms with Crippen LogP contribution in [0.5, 0.6) is 0 Å². The highest BCUT2D eigenvalue weighted by Gasteiger charge is 2.14. The Labute approximate surface area is 376 Å². The minimum atomic E-state index is -1.65. The van der Waals surface area contributed by atoms with E-state index in [2.05, 4.69) is 41.7 Å². The summed E-state index contributed by atoms with van der Waals surface area (Å²) in [6, 6.07) is 0. The molecular formula is C50H102N4O5S. The number of nitrogens with two attached hydrogens (primary N) is 1. The molecular weight excluding hydrogens is 769 g/mol. The molecule has 60 heavy (non-hydrogen) atoms. The highest BCUT2D eigenvalue weighted by Crippen LogP contribution is 2.19. The summed E-state index contributed by atoms with van der Waals surface area (Å²) in [4.78, 5) is 27.1. The van der Waals surface area contributed by atoms with Crippen LogP contribution in [0.25, 0.3) is 0 Å². The summed E-state index contributed by atoms with van der Waals surface area (Å²) < 4.78 is 26.1. The van der Waals surface area contributed by atoms with Crippen LogP contribution in [0.3, 0.4) is 0 Å². The van der Waals surface area contributed by atoms with Gasteiger partial charge in [0.2, 0.25) is 11.2 Å². The second-order valence-electron chi connectivity index (χ2n) is 17.6. The van der Waals surface area contributed by atoms with Crippen LogP contribution in [0.2, 0.25) is 0 Å². The van der Waals surface area contributed by atoms with Crippen LogP contribution in [0.15, 0.2) is 4.40 Å². The standard InChI is InChI=1S/C40H82N4O3S.C10H20O2/c1-6-9-12-15-19-24-31-38(32-25-20-16-13-10-7-2)47-40(45)34-26-21-18-23-29-36-44(35-28-22-17-14-11-8-3)37-30-27-33-39(43(4)5)42-48(41)46;1-2-3-4-5-6-7-8-9-12-10-11/h38H,6-37,41H2,1-5H3;10H,2-9H2,1H3/b42-39-;. The number of amidine groups is 1. The van der Waals surface area contributed by atoms with Crippen LogP contribution >= 0.6 is 0 Å². The molecule has 0 amide bonds. The monoisotopic (exact) mass is 871 g/mol. The lowest BCUT2D eigenvalue weighted by Crippen LogP contribution is -2.28. The fourth-order valence-corrected chi connectivity index (χ4v) is 8.12. The molecule has 0 rings (SSSR count). The van der Waals surface area contributed by atoms with Gasteiger partial charge in [-0.05, 0) is 83.8 Å². The van der Waals surface area contributed by atoms with Gasteiger partial charge in [-0.1, -0.05) is 182 Å². The van der Waals surface area contributed by atoms with E-state index >= 15 is 0 Å². The van der Waals surface area contributed by atoms with Crippen LogP contribution in [0.1, 0.15) is 259 Å². The van der Waals surface area contributed by atoms with Gasteiger partial charge in [-0.3, -0.25) is 9.59 Å². The van der Waals surface area contributed by atoms with E-state index in [0.29, 0.717) is 19.5 Å². The SMILES string of the molecule is CCCCCCCCC(CCCCCCCC)OC(=O)CCCCCCCN(CCCCCCCC)CCCC/C(=N/S(N)=O)N(C)C.CCCCCCCCCOC=O. The number of hydrogen-bond donors (Lipinski definition) is 1. The van der Waals surface area contributed by atoms with Gasteiger partial charge in [0.05, 0.1) is 6.61 Å². The number of carbonyl (C=O) groups excluding carboxylic acids is 2. The van der Waals surface area contributed by atoms with Crippen LogP contribution in [0, 0.1) is 0 Å². The van der Waals surface area contributed by atoms with Crippen molar-refractivity contribution in [3.05, 3.63) is 0 Å². The third-order valence-electron chi connectivity index (χ3n) is 11.5. The quantitative estimate of drug-likeness (QED) is 0.0213. The molecule has 0 saturated carbocycles. The maximum Gasteiger partial charge on any atom is 0.306 e. The smallest absolute Gasteiger partial charge is 0.306 e. The van der Waals surface area contributed by atoms with Gasteiger partial charge in [0.1, 0.15) is 11.9 Å². The summed E-state index contributed by atoms with van der Waals surface area (Å²) in [5.41, 5.74) is 0. The summed E-state index contributed by atoms with van der Waals surface area (Å²) in [7, 11) is 3.87. The molecule has 1 unspecified atom stereocenters. The second-order valence-corrected chi connectivity index (χ2v) is 18.3. The molecule has 9 nitrogen and oxygen atoms in total. The molecule has 0 saturated heterocycles. The van der Waals surface area contributed by atoms with Gasteiger partial charge in [0.25, 0.3) is 6.47 Å². The molecule has 0 aromatic heterocycles. The Morgan fingerprint density at radius 1 is 0.550 bits per heavy atom. The van der Waals surface area contributed by atoms with E-state index in [4.69, 9.17) is 9.88 Å². The topological polar surface area (TPSA) is 115 Å². The highest BCUT2D eigenvalue weighted by molar-refractivity contribution is 7.81. The van der Waals surface area contributed by atoms with Gasteiger partial charge in [-0.25, -0.2) is 9.35 Å². The lowest BCUT2D eigenvalue weighted by molar-refractivity contribution is -0.150. The van der Waals surface area contributed by atoms with Crippen molar-refractivity contribution in [2.75, 3.05) is 40.3 Å². The normalized spacial score (nSPS) is 12.1. The van der Waals surface area contributed by atoms with E-state index in [0.717, 1.165) is 70.3 Å². The Kier molecular flexibility index (Phi) is 50.6. The van der Waals surface area contributed by atoms with Gasteiger partial charge in [0, 0.05) is 26.9 Å². The van der Waals surface area contributed by atoms with E-state index in [-0.39, 0.29) is 12.1 Å². The van der Waals surface area contributed by atoms with Crippen molar-refractivity contribution in [1.82, 2.24) is 9.80 Å². The average Bonchev–Trinajstić information content (AvgIpc) is 3.22. The zero-order valence-corrected chi connectivity index (χ0v) is 41.6. The third-order valence-corrected chi connectivity index (χ3v) is 11.9. The van der Waals surface area contributed by atoms with Crippen molar-refractivity contribution in [2.24, 2.45) is 9.54 Å². The van der Waals surface area contributed by atoms with E-state index in [1.165, 1.54) is 180 Å². The van der Waals surface area contributed by atoms with Gasteiger partial charge in [-0.15, -0.1) is 0 Å². The first-order valence-corrected chi connectivity index (χ1v) is 26.8. The predicted octanol–water partition coefficient (Wildman–Crippen LogP) is 14.0. The van der Waals surface area contributed by atoms with Crippen molar-refractivity contribution >= 4 is 29.4 Å². The Balaban J connectivity index is 0. The minimum Gasteiger partial charge on any atom is -0.468 e. The molecule has 0 bridgehead atoms. The van der Waals surface area contributed by atoms with Crippen molar-refractivity contribution in [3.63, 3.8) is 0 Å². The number of nitrogens with zero attached hydrogens (tertiary/aromatic N) is 3. The van der Waals surface area contributed by atoms with Crippen LogP contribution in [0.4, 0.5) is 0 Å². The van der Waals surface area contributed by atoms with Crippen molar-refractivity contribution in [2.45, 2.75) is 265 Å². The first kappa shape index (κ1) is 60.6. The first-order chi connectivity index (χ1) is 29.2. The maximum absolute atomic E-state index is 12.8. The Hall–Kier alpha value is -1.52. The maximum atomic E-state index is 12.8. The van der Waals surface area contributed by atoms with E-state index in [1.54, 1.807) is 0 Å². The van der Waals surface area contributed by atoms with E-state index in [9.17, 15) is 13.8 Å². The molecule has 0 spiro atoms. The summed E-state index contributed by atoms with van der Waals surface area (Å²) >= 11 is -1.65. The molecule has 0 aliphatic heterocycles. The lowest BCUT2D eigenvalue weighted by atomic mass is 10.0. The van der Waals surface area contributed by atoms with Crippen LogP contribution in [-0.4, -0.2) is 78.7 Å². The van der Waals surface area contributed by atoms with Crippen molar-refractivity contribution < 1.29 is 23.3 Å². The van der Waals surface area contributed by atoms with E-state index in [1.807, 2.05) is 19.0 Å². The van der Waals surface area contributed by atoms with Gasteiger partial charge in [0.15, 0.2) is 0 Å². The zero-order valence-electron chi connectivity index (χ0n) is 40.8. The molecule has 0 aromatic rings. The third kappa shape index (κ3) is 47.5. The molecule has 0 aliphatic carbocycles. The lowest BCUT2D eigenvalue weighted by Gasteiger charge is -2.23. The molecule has 0 radical (unpaired) electrons. The van der Waals surface area contributed by atoms with Crippen molar-refractivity contribution in [1.29, 1.82) is 0 Å². The predicted molar refractivity (Wildman–Crippen MR) is 261 cm³/mol. The van der Waals surface area contributed by atoms with Crippen molar-refractivity contribution in [3.8, 4) is 0 Å². The fraction of sp³-hybridized carbons (Fsp3) is 0.940.